The Morgan fingerprint density at radius 2 is 2.07 bits per heavy atom. The van der Waals surface area contributed by atoms with Gasteiger partial charge in [0.25, 0.3) is 5.91 Å². The zero-order valence-corrected chi connectivity index (χ0v) is 8.90. The highest BCUT2D eigenvalue weighted by atomic mass is 32.1. The highest BCUT2D eigenvalue weighted by Gasteiger charge is 2.07. The smallest absolute Gasteiger partial charge is 0.273 e. The number of hydrogen-bond donors (Lipinski definition) is 2. The summed E-state index contributed by atoms with van der Waals surface area (Å²) in [7, 11) is 0. The van der Waals surface area contributed by atoms with E-state index in [0.29, 0.717) is 11.3 Å². The van der Waals surface area contributed by atoms with Crippen molar-refractivity contribution in [1.29, 1.82) is 0 Å². The SMILES string of the molecule is CCC(=O)NNC(=O)c1ccc(C)s1. The maximum atomic E-state index is 11.4. The number of thiophene rings is 1. The summed E-state index contributed by atoms with van der Waals surface area (Å²) in [6.45, 7) is 3.64. The second-order valence-electron chi connectivity index (χ2n) is 2.77. The molecule has 0 atom stereocenters. The lowest BCUT2D eigenvalue weighted by Gasteiger charge is -2.03. The summed E-state index contributed by atoms with van der Waals surface area (Å²) < 4.78 is 0. The van der Waals surface area contributed by atoms with Gasteiger partial charge in [0.15, 0.2) is 0 Å². The van der Waals surface area contributed by atoms with Gasteiger partial charge in [0.1, 0.15) is 0 Å². The van der Waals surface area contributed by atoms with Gasteiger partial charge in [0.2, 0.25) is 5.91 Å². The van der Waals surface area contributed by atoms with E-state index in [1.807, 2.05) is 13.0 Å². The minimum Gasteiger partial charge on any atom is -0.273 e. The maximum Gasteiger partial charge on any atom is 0.279 e. The highest BCUT2D eigenvalue weighted by Crippen LogP contribution is 2.14. The molecular weight excluding hydrogens is 200 g/mol. The largest absolute Gasteiger partial charge is 0.279 e. The predicted octanol–water partition coefficient (Wildman–Crippen LogP) is 1.23. The molecule has 1 aromatic heterocycles. The van der Waals surface area contributed by atoms with Gasteiger partial charge in [-0.05, 0) is 19.1 Å². The number of hydrazine groups is 1. The summed E-state index contributed by atoms with van der Waals surface area (Å²) in [4.78, 5) is 23.9. The Hall–Kier alpha value is -1.36. The highest BCUT2D eigenvalue weighted by molar-refractivity contribution is 7.13. The van der Waals surface area contributed by atoms with Crippen molar-refractivity contribution in [2.45, 2.75) is 20.3 Å². The van der Waals surface area contributed by atoms with Crippen LogP contribution in [0.5, 0.6) is 0 Å². The fraction of sp³-hybridized carbons (Fsp3) is 0.333. The molecule has 0 aliphatic rings. The van der Waals surface area contributed by atoms with E-state index in [2.05, 4.69) is 10.9 Å². The Labute approximate surface area is 86.3 Å². The molecule has 2 amide bonds. The third-order valence-electron chi connectivity index (χ3n) is 1.60. The van der Waals surface area contributed by atoms with Crippen LogP contribution in [0.2, 0.25) is 0 Å². The van der Waals surface area contributed by atoms with E-state index in [1.165, 1.54) is 11.3 Å². The van der Waals surface area contributed by atoms with E-state index < -0.39 is 0 Å². The standard InChI is InChI=1S/C9H12N2O2S/c1-3-8(12)10-11-9(13)7-5-4-6(2)14-7/h4-5H,3H2,1-2H3,(H,10,12)(H,11,13). The van der Waals surface area contributed by atoms with Crippen molar-refractivity contribution >= 4 is 23.2 Å². The lowest BCUT2D eigenvalue weighted by Crippen LogP contribution is -2.40. The first-order valence-electron chi connectivity index (χ1n) is 4.29. The molecule has 76 valence electrons. The van der Waals surface area contributed by atoms with Crippen LogP contribution in [0.25, 0.3) is 0 Å². The van der Waals surface area contributed by atoms with E-state index in [0.717, 1.165) is 4.88 Å². The van der Waals surface area contributed by atoms with Crippen LogP contribution in [-0.2, 0) is 4.79 Å². The van der Waals surface area contributed by atoms with E-state index in [9.17, 15) is 9.59 Å². The third kappa shape index (κ3) is 2.85. The fourth-order valence-electron chi connectivity index (χ4n) is 0.833. The van der Waals surface area contributed by atoms with E-state index in [1.54, 1.807) is 13.0 Å². The molecule has 0 aliphatic heterocycles. The Morgan fingerprint density at radius 1 is 1.36 bits per heavy atom. The van der Waals surface area contributed by atoms with Gasteiger partial charge in [-0.2, -0.15) is 0 Å². The summed E-state index contributed by atoms with van der Waals surface area (Å²) in [6.07, 6.45) is 0.351. The molecule has 1 heterocycles. The molecule has 0 fully saturated rings. The third-order valence-corrected chi connectivity index (χ3v) is 2.60. The van der Waals surface area contributed by atoms with Gasteiger partial charge in [-0.1, -0.05) is 6.92 Å². The number of amides is 2. The van der Waals surface area contributed by atoms with Crippen LogP contribution >= 0.6 is 11.3 Å². The molecule has 4 nitrogen and oxygen atoms in total. The maximum absolute atomic E-state index is 11.4. The van der Waals surface area contributed by atoms with Crippen molar-refractivity contribution in [2.75, 3.05) is 0 Å². The summed E-state index contributed by atoms with van der Waals surface area (Å²) in [5, 5.41) is 0. The van der Waals surface area contributed by atoms with Crippen LogP contribution in [0, 0.1) is 6.92 Å². The van der Waals surface area contributed by atoms with Crippen LogP contribution < -0.4 is 10.9 Å². The topological polar surface area (TPSA) is 58.2 Å². The van der Waals surface area contributed by atoms with Gasteiger partial charge >= 0.3 is 0 Å². The molecule has 0 aliphatic carbocycles. The average molecular weight is 212 g/mol. The molecule has 0 aromatic carbocycles. The van der Waals surface area contributed by atoms with E-state index in [4.69, 9.17) is 0 Å². The van der Waals surface area contributed by atoms with Gasteiger partial charge in [-0.25, -0.2) is 0 Å². The van der Waals surface area contributed by atoms with Crippen molar-refractivity contribution in [1.82, 2.24) is 10.9 Å². The Kier molecular flexibility index (Phi) is 3.64. The number of nitrogens with one attached hydrogen (secondary N) is 2. The lowest BCUT2D eigenvalue weighted by molar-refractivity contribution is -0.121. The van der Waals surface area contributed by atoms with Crippen LogP contribution in [0.15, 0.2) is 12.1 Å². The number of carbonyl (C=O) groups excluding carboxylic acids is 2. The van der Waals surface area contributed by atoms with Crippen molar-refractivity contribution < 1.29 is 9.59 Å². The Balaban J connectivity index is 2.47. The zero-order chi connectivity index (χ0) is 10.6. The van der Waals surface area contributed by atoms with Crippen LogP contribution in [0.4, 0.5) is 0 Å². The van der Waals surface area contributed by atoms with Gasteiger partial charge in [-0.15, -0.1) is 11.3 Å². The normalized spacial score (nSPS) is 9.57. The average Bonchev–Trinajstić information content (AvgIpc) is 2.60. The number of aryl methyl sites for hydroxylation is 1. The predicted molar refractivity (Wildman–Crippen MR) is 55.0 cm³/mol. The van der Waals surface area contributed by atoms with E-state index in [-0.39, 0.29) is 11.8 Å². The van der Waals surface area contributed by atoms with Crippen molar-refractivity contribution in [2.24, 2.45) is 0 Å². The molecular formula is C9H12N2O2S. The molecule has 0 radical (unpaired) electrons. The zero-order valence-electron chi connectivity index (χ0n) is 8.09. The first-order valence-corrected chi connectivity index (χ1v) is 5.10. The Bertz CT molecular complexity index is 346. The molecule has 0 saturated carbocycles. The second kappa shape index (κ2) is 4.76. The van der Waals surface area contributed by atoms with Crippen LogP contribution in [0.3, 0.4) is 0 Å². The molecule has 0 unspecified atom stereocenters. The van der Waals surface area contributed by atoms with Crippen molar-refractivity contribution in [3.63, 3.8) is 0 Å². The molecule has 2 N–H and O–H groups in total. The monoisotopic (exact) mass is 212 g/mol. The number of rotatable bonds is 2. The second-order valence-corrected chi connectivity index (χ2v) is 4.05. The first kappa shape index (κ1) is 10.7. The van der Waals surface area contributed by atoms with Gasteiger partial charge in [0, 0.05) is 11.3 Å². The molecule has 0 bridgehead atoms. The molecule has 0 saturated heterocycles. The Morgan fingerprint density at radius 3 is 2.57 bits per heavy atom. The molecule has 1 rings (SSSR count). The van der Waals surface area contributed by atoms with Gasteiger partial charge in [0.05, 0.1) is 4.88 Å². The van der Waals surface area contributed by atoms with E-state index >= 15 is 0 Å². The minimum absolute atomic E-state index is 0.202. The summed E-state index contributed by atoms with van der Waals surface area (Å²) >= 11 is 1.39. The molecule has 14 heavy (non-hydrogen) atoms. The lowest BCUT2D eigenvalue weighted by atomic mass is 10.4. The van der Waals surface area contributed by atoms with Crippen LogP contribution in [-0.4, -0.2) is 11.8 Å². The quantitative estimate of drug-likeness (QED) is 0.724. The number of hydrogen-bond acceptors (Lipinski definition) is 3. The summed E-state index contributed by atoms with van der Waals surface area (Å²) in [6, 6.07) is 3.59. The molecule has 1 aromatic rings. The first-order chi connectivity index (χ1) is 6.63. The van der Waals surface area contributed by atoms with Gasteiger partial charge < -0.3 is 0 Å². The van der Waals surface area contributed by atoms with Crippen molar-refractivity contribution in [3.8, 4) is 0 Å². The minimum atomic E-state index is -0.273. The summed E-state index contributed by atoms with van der Waals surface area (Å²) in [5.41, 5.74) is 4.64. The summed E-state index contributed by atoms with van der Waals surface area (Å²) in [5.74, 6) is -0.475. The number of carbonyl (C=O) groups is 2. The van der Waals surface area contributed by atoms with Gasteiger partial charge in [-0.3, -0.25) is 20.4 Å². The van der Waals surface area contributed by atoms with Crippen molar-refractivity contribution in [3.05, 3.63) is 21.9 Å². The molecule has 5 heteroatoms. The molecule has 0 spiro atoms. The fourth-order valence-corrected chi connectivity index (χ4v) is 1.60. The van der Waals surface area contributed by atoms with Crippen LogP contribution in [0.1, 0.15) is 27.9 Å².